The van der Waals surface area contributed by atoms with Crippen molar-refractivity contribution in [1.82, 2.24) is 10.2 Å². The Kier molecular flexibility index (Phi) is 5.77. The van der Waals surface area contributed by atoms with Crippen molar-refractivity contribution in [2.75, 3.05) is 13.6 Å². The zero-order chi connectivity index (χ0) is 12.1. The van der Waals surface area contributed by atoms with Crippen LogP contribution in [0.1, 0.15) is 53.4 Å². The lowest BCUT2D eigenvalue weighted by molar-refractivity contribution is 0.0986. The van der Waals surface area contributed by atoms with E-state index in [-0.39, 0.29) is 0 Å². The minimum Gasteiger partial charge on any atom is -0.317 e. The molecule has 1 N–H and O–H groups in total. The highest BCUT2D eigenvalue weighted by Gasteiger charge is 2.26. The van der Waals surface area contributed by atoms with Gasteiger partial charge in [-0.15, -0.1) is 0 Å². The molecule has 0 bridgehead atoms. The van der Waals surface area contributed by atoms with Gasteiger partial charge in [-0.3, -0.25) is 4.90 Å². The predicted octanol–water partition coefficient (Wildman–Crippen LogP) is 2.88. The van der Waals surface area contributed by atoms with Crippen molar-refractivity contribution in [2.45, 2.75) is 71.5 Å². The van der Waals surface area contributed by atoms with E-state index in [2.05, 4.69) is 45.0 Å². The molecular formula is C14H30N2. The van der Waals surface area contributed by atoms with Crippen LogP contribution in [-0.4, -0.2) is 36.6 Å². The van der Waals surface area contributed by atoms with Crippen LogP contribution in [0, 0.1) is 5.92 Å². The van der Waals surface area contributed by atoms with Crippen molar-refractivity contribution in [3.05, 3.63) is 0 Å². The molecule has 0 aromatic carbocycles. The molecule has 0 saturated heterocycles. The lowest BCUT2D eigenvalue weighted by Gasteiger charge is -2.40. The quantitative estimate of drug-likeness (QED) is 0.775. The average Bonchev–Trinajstić information content (AvgIpc) is 2.25. The zero-order valence-corrected chi connectivity index (χ0v) is 11.8. The van der Waals surface area contributed by atoms with Gasteiger partial charge in [0.2, 0.25) is 0 Å². The van der Waals surface area contributed by atoms with Crippen molar-refractivity contribution in [1.29, 1.82) is 0 Å². The fourth-order valence-electron chi connectivity index (χ4n) is 2.90. The third kappa shape index (κ3) is 4.06. The maximum atomic E-state index is 3.41. The topological polar surface area (TPSA) is 15.3 Å². The molecule has 0 spiro atoms. The first kappa shape index (κ1) is 14.0. The normalized spacial score (nSPS) is 27.0. The maximum absolute atomic E-state index is 3.41. The van der Waals surface area contributed by atoms with Crippen molar-refractivity contribution in [2.24, 2.45) is 5.92 Å². The van der Waals surface area contributed by atoms with Gasteiger partial charge in [-0.1, -0.05) is 13.8 Å². The lowest BCUT2D eigenvalue weighted by atomic mass is 9.89. The summed E-state index contributed by atoms with van der Waals surface area (Å²) in [6.45, 7) is 10.6. The molecule has 16 heavy (non-hydrogen) atoms. The summed E-state index contributed by atoms with van der Waals surface area (Å²) in [7, 11) is 2.10. The summed E-state index contributed by atoms with van der Waals surface area (Å²) in [4.78, 5) is 2.72. The molecule has 0 aromatic rings. The Morgan fingerprint density at radius 3 is 2.00 bits per heavy atom. The van der Waals surface area contributed by atoms with Crippen molar-refractivity contribution in [3.63, 3.8) is 0 Å². The van der Waals surface area contributed by atoms with Crippen LogP contribution in [0.5, 0.6) is 0 Å². The summed E-state index contributed by atoms with van der Waals surface area (Å²) >= 11 is 0. The van der Waals surface area contributed by atoms with E-state index in [1.54, 1.807) is 0 Å². The zero-order valence-electron chi connectivity index (χ0n) is 11.8. The SMILES string of the molecule is CNC1CCC(N(CC(C)C)C(C)C)CC1. The molecule has 0 unspecified atom stereocenters. The largest absolute Gasteiger partial charge is 0.317 e. The Labute approximate surface area is 102 Å². The average molecular weight is 226 g/mol. The summed E-state index contributed by atoms with van der Waals surface area (Å²) < 4.78 is 0. The number of nitrogens with zero attached hydrogens (tertiary/aromatic N) is 1. The van der Waals surface area contributed by atoms with Gasteiger partial charge >= 0.3 is 0 Å². The van der Waals surface area contributed by atoms with Gasteiger partial charge in [0.25, 0.3) is 0 Å². The summed E-state index contributed by atoms with van der Waals surface area (Å²) in [5, 5.41) is 3.41. The number of hydrogen-bond donors (Lipinski definition) is 1. The first-order chi connectivity index (χ1) is 7.54. The number of hydrogen-bond acceptors (Lipinski definition) is 2. The predicted molar refractivity (Wildman–Crippen MR) is 71.8 cm³/mol. The van der Waals surface area contributed by atoms with E-state index in [9.17, 15) is 0 Å². The van der Waals surface area contributed by atoms with Crippen molar-refractivity contribution < 1.29 is 0 Å². The fourth-order valence-corrected chi connectivity index (χ4v) is 2.90. The van der Waals surface area contributed by atoms with Crippen LogP contribution in [0.2, 0.25) is 0 Å². The van der Waals surface area contributed by atoms with Crippen LogP contribution in [0.25, 0.3) is 0 Å². The highest BCUT2D eigenvalue weighted by Crippen LogP contribution is 2.25. The van der Waals surface area contributed by atoms with Gasteiger partial charge in [-0.25, -0.2) is 0 Å². The van der Waals surface area contributed by atoms with E-state index in [0.717, 1.165) is 18.0 Å². The van der Waals surface area contributed by atoms with Gasteiger partial charge < -0.3 is 5.32 Å². The van der Waals surface area contributed by atoms with E-state index in [1.807, 2.05) is 0 Å². The van der Waals surface area contributed by atoms with Crippen LogP contribution >= 0.6 is 0 Å². The molecule has 0 aliphatic heterocycles. The van der Waals surface area contributed by atoms with E-state index in [0.29, 0.717) is 6.04 Å². The smallest absolute Gasteiger partial charge is 0.00992 e. The van der Waals surface area contributed by atoms with Crippen LogP contribution in [-0.2, 0) is 0 Å². The minimum atomic E-state index is 0.693. The van der Waals surface area contributed by atoms with Gasteiger partial charge in [-0.05, 0) is 52.5 Å². The van der Waals surface area contributed by atoms with E-state index in [1.165, 1.54) is 32.2 Å². The summed E-state index contributed by atoms with van der Waals surface area (Å²) in [6, 6.07) is 2.29. The first-order valence-electron chi connectivity index (χ1n) is 6.97. The molecule has 1 aliphatic carbocycles. The molecular weight excluding hydrogens is 196 g/mol. The minimum absolute atomic E-state index is 0.693. The Morgan fingerprint density at radius 1 is 1.06 bits per heavy atom. The number of rotatable bonds is 5. The summed E-state index contributed by atoms with van der Waals surface area (Å²) in [6.07, 6.45) is 5.44. The molecule has 1 rings (SSSR count). The second-order valence-electron chi connectivity index (χ2n) is 5.98. The maximum Gasteiger partial charge on any atom is 0.00992 e. The van der Waals surface area contributed by atoms with E-state index < -0.39 is 0 Å². The summed E-state index contributed by atoms with van der Waals surface area (Å²) in [5.41, 5.74) is 0. The van der Waals surface area contributed by atoms with Gasteiger partial charge in [0.1, 0.15) is 0 Å². The molecule has 2 nitrogen and oxygen atoms in total. The highest BCUT2D eigenvalue weighted by molar-refractivity contribution is 4.84. The van der Waals surface area contributed by atoms with Gasteiger partial charge in [0, 0.05) is 24.7 Å². The standard InChI is InChI=1S/C14H30N2/c1-11(2)10-16(12(3)4)14-8-6-13(15-5)7-9-14/h11-15H,6-10H2,1-5H3. The molecule has 96 valence electrons. The Morgan fingerprint density at radius 2 is 1.62 bits per heavy atom. The molecule has 0 atom stereocenters. The third-order valence-electron chi connectivity index (χ3n) is 3.81. The molecule has 1 aliphatic rings. The van der Waals surface area contributed by atoms with Gasteiger partial charge in [-0.2, -0.15) is 0 Å². The first-order valence-corrected chi connectivity index (χ1v) is 6.97. The molecule has 1 fully saturated rings. The number of nitrogens with one attached hydrogen (secondary N) is 1. The van der Waals surface area contributed by atoms with Crippen LogP contribution in [0.3, 0.4) is 0 Å². The second-order valence-corrected chi connectivity index (χ2v) is 5.98. The molecule has 0 heterocycles. The summed E-state index contributed by atoms with van der Waals surface area (Å²) in [5.74, 6) is 0.782. The Bertz CT molecular complexity index is 181. The van der Waals surface area contributed by atoms with Crippen LogP contribution < -0.4 is 5.32 Å². The second kappa shape index (κ2) is 6.61. The lowest BCUT2D eigenvalue weighted by Crippen LogP contribution is -2.46. The molecule has 0 aromatic heterocycles. The Balaban J connectivity index is 2.46. The van der Waals surface area contributed by atoms with Gasteiger partial charge in [0.05, 0.1) is 0 Å². The highest BCUT2D eigenvalue weighted by atomic mass is 15.2. The van der Waals surface area contributed by atoms with Crippen LogP contribution in [0.15, 0.2) is 0 Å². The van der Waals surface area contributed by atoms with Gasteiger partial charge in [0.15, 0.2) is 0 Å². The molecule has 0 radical (unpaired) electrons. The van der Waals surface area contributed by atoms with Crippen molar-refractivity contribution >= 4 is 0 Å². The molecule has 2 heteroatoms. The van der Waals surface area contributed by atoms with E-state index in [4.69, 9.17) is 0 Å². The monoisotopic (exact) mass is 226 g/mol. The van der Waals surface area contributed by atoms with E-state index >= 15 is 0 Å². The molecule has 1 saturated carbocycles. The van der Waals surface area contributed by atoms with Crippen molar-refractivity contribution in [3.8, 4) is 0 Å². The third-order valence-corrected chi connectivity index (χ3v) is 3.81. The fraction of sp³-hybridized carbons (Fsp3) is 1.00. The molecule has 0 amide bonds. The Hall–Kier alpha value is -0.0800. The van der Waals surface area contributed by atoms with Crippen LogP contribution in [0.4, 0.5) is 0 Å².